The molecule has 134 valence electrons. The largest absolute Gasteiger partial charge is 0.423 e. The van der Waals surface area contributed by atoms with Gasteiger partial charge in [0.25, 0.3) is 0 Å². The van der Waals surface area contributed by atoms with Crippen molar-refractivity contribution in [1.82, 2.24) is 20.8 Å². The van der Waals surface area contributed by atoms with E-state index in [-0.39, 0.29) is 18.5 Å². The lowest BCUT2D eigenvalue weighted by Crippen LogP contribution is -2.46. The molecular weight excluding hydrogens is 316 g/mol. The van der Waals surface area contributed by atoms with Gasteiger partial charge < -0.3 is 15.1 Å². The van der Waals surface area contributed by atoms with Crippen molar-refractivity contribution in [1.29, 1.82) is 0 Å². The first kappa shape index (κ1) is 18.7. The van der Waals surface area contributed by atoms with Crippen molar-refractivity contribution >= 4 is 11.6 Å². The van der Waals surface area contributed by atoms with Crippen molar-refractivity contribution in [3.05, 3.63) is 53.8 Å². The number of amides is 2. The third-order valence-electron chi connectivity index (χ3n) is 3.88. The number of benzene rings is 1. The molecule has 6 heteroatoms. The van der Waals surface area contributed by atoms with Crippen molar-refractivity contribution in [2.24, 2.45) is 0 Å². The van der Waals surface area contributed by atoms with Crippen molar-refractivity contribution in [2.75, 3.05) is 0 Å². The highest BCUT2D eigenvalue weighted by atomic mass is 16.4. The van der Waals surface area contributed by atoms with Gasteiger partial charge in [-0.3, -0.25) is 0 Å². The van der Waals surface area contributed by atoms with E-state index in [0.717, 1.165) is 16.7 Å². The molecule has 2 amide bonds. The van der Waals surface area contributed by atoms with Crippen LogP contribution in [0.2, 0.25) is 0 Å². The lowest BCUT2D eigenvalue weighted by atomic mass is 9.92. The summed E-state index contributed by atoms with van der Waals surface area (Å²) in [4.78, 5) is 12.2. The minimum atomic E-state index is -0.534. The third kappa shape index (κ3) is 4.92. The normalized spacial score (nSPS) is 11.4. The predicted octanol–water partition coefficient (Wildman–Crippen LogP) is 3.96. The van der Waals surface area contributed by atoms with Crippen LogP contribution < -0.4 is 10.6 Å². The molecule has 0 radical (unpaired) electrons. The van der Waals surface area contributed by atoms with E-state index in [4.69, 9.17) is 4.42 Å². The molecule has 0 spiro atoms. The summed E-state index contributed by atoms with van der Waals surface area (Å²) in [6.45, 7) is 14.0. The fourth-order valence-corrected chi connectivity index (χ4v) is 2.30. The van der Waals surface area contributed by atoms with Crippen molar-refractivity contribution in [3.8, 4) is 0 Å². The molecule has 6 nitrogen and oxygen atoms in total. The lowest BCUT2D eigenvalue weighted by Gasteiger charge is -2.27. The van der Waals surface area contributed by atoms with Crippen molar-refractivity contribution in [3.63, 3.8) is 0 Å². The number of hydrogen-bond donors (Lipinski definition) is 2. The van der Waals surface area contributed by atoms with Crippen LogP contribution in [0.3, 0.4) is 0 Å². The molecule has 0 atom stereocenters. The maximum absolute atomic E-state index is 12.2. The topological polar surface area (TPSA) is 80.0 Å². The van der Waals surface area contributed by atoms with E-state index in [1.807, 2.05) is 58.9 Å². The molecule has 1 aromatic carbocycles. The average Bonchev–Trinajstić information content (AvgIpc) is 3.02. The second kappa shape index (κ2) is 7.51. The Hall–Kier alpha value is -2.63. The van der Waals surface area contributed by atoms with Gasteiger partial charge in [-0.25, -0.2) is 4.79 Å². The van der Waals surface area contributed by atoms with Crippen LogP contribution in [-0.2, 0) is 12.1 Å². The Morgan fingerprint density at radius 3 is 2.64 bits per heavy atom. The molecule has 2 aromatic rings. The zero-order chi connectivity index (χ0) is 18.6. The SMILES string of the molecule is C=C(C)c1cccc(C(C)(C)NC(=O)NCc2nnc(C(C)C)o2)c1. The van der Waals surface area contributed by atoms with Gasteiger partial charge in [0, 0.05) is 5.92 Å². The molecular formula is C19H26N4O2. The molecule has 0 aliphatic carbocycles. The summed E-state index contributed by atoms with van der Waals surface area (Å²) < 4.78 is 5.48. The number of aromatic nitrogens is 2. The first-order chi connectivity index (χ1) is 11.7. The molecule has 0 aliphatic heterocycles. The highest BCUT2D eigenvalue weighted by Crippen LogP contribution is 2.23. The van der Waals surface area contributed by atoms with Crippen LogP contribution in [0.1, 0.15) is 63.4 Å². The van der Waals surface area contributed by atoms with E-state index in [1.54, 1.807) is 0 Å². The van der Waals surface area contributed by atoms with Crippen LogP contribution in [0.4, 0.5) is 4.79 Å². The van der Waals surface area contributed by atoms with Crippen LogP contribution in [0.25, 0.3) is 5.57 Å². The highest BCUT2D eigenvalue weighted by molar-refractivity contribution is 5.75. The Labute approximate surface area is 148 Å². The van der Waals surface area contributed by atoms with Gasteiger partial charge in [-0.2, -0.15) is 0 Å². The highest BCUT2D eigenvalue weighted by Gasteiger charge is 2.23. The smallest absolute Gasteiger partial charge is 0.315 e. The number of nitrogens with zero attached hydrogens (tertiary/aromatic N) is 2. The first-order valence-corrected chi connectivity index (χ1v) is 8.33. The van der Waals surface area contributed by atoms with E-state index in [2.05, 4.69) is 27.4 Å². The molecule has 2 rings (SSSR count). The van der Waals surface area contributed by atoms with Crippen LogP contribution >= 0.6 is 0 Å². The minimum absolute atomic E-state index is 0.162. The fourth-order valence-electron chi connectivity index (χ4n) is 2.30. The number of urea groups is 1. The number of nitrogens with one attached hydrogen (secondary N) is 2. The molecule has 0 fully saturated rings. The van der Waals surface area contributed by atoms with E-state index in [9.17, 15) is 4.79 Å². The monoisotopic (exact) mass is 342 g/mol. The Morgan fingerprint density at radius 2 is 2.04 bits per heavy atom. The van der Waals surface area contributed by atoms with Crippen molar-refractivity contribution < 1.29 is 9.21 Å². The predicted molar refractivity (Wildman–Crippen MR) is 97.9 cm³/mol. The summed E-state index contributed by atoms with van der Waals surface area (Å²) in [6.07, 6.45) is 0. The number of carbonyl (C=O) groups excluding carboxylic acids is 1. The molecule has 0 aliphatic rings. The standard InChI is InChI=1S/C19H26N4O2/c1-12(2)14-8-7-9-15(10-14)19(5,6)21-18(24)20-11-16-22-23-17(25-16)13(3)4/h7-10,13H,1,11H2,2-6H3,(H2,20,21,24). The Balaban J connectivity index is 1.98. The van der Waals surface area contributed by atoms with E-state index in [0.29, 0.717) is 11.8 Å². The van der Waals surface area contributed by atoms with E-state index < -0.39 is 5.54 Å². The van der Waals surface area contributed by atoms with Gasteiger partial charge in [-0.05, 0) is 38.0 Å². The molecule has 1 aromatic heterocycles. The molecule has 0 unspecified atom stereocenters. The summed E-state index contributed by atoms with van der Waals surface area (Å²) in [5.74, 6) is 1.12. The van der Waals surface area contributed by atoms with Gasteiger partial charge in [-0.1, -0.05) is 44.2 Å². The molecule has 0 saturated heterocycles. The summed E-state index contributed by atoms with van der Waals surface area (Å²) in [5, 5.41) is 13.6. The van der Waals surface area contributed by atoms with Crippen LogP contribution in [-0.4, -0.2) is 16.2 Å². The Kier molecular flexibility index (Phi) is 5.62. The van der Waals surface area contributed by atoms with Crippen LogP contribution in [0, 0.1) is 0 Å². The van der Waals surface area contributed by atoms with Gasteiger partial charge in [0.15, 0.2) is 0 Å². The van der Waals surface area contributed by atoms with Gasteiger partial charge in [0.05, 0.1) is 12.1 Å². The number of hydrogen-bond acceptors (Lipinski definition) is 4. The molecule has 1 heterocycles. The zero-order valence-electron chi connectivity index (χ0n) is 15.5. The van der Waals surface area contributed by atoms with Gasteiger partial charge in [0.2, 0.25) is 11.8 Å². The van der Waals surface area contributed by atoms with E-state index >= 15 is 0 Å². The van der Waals surface area contributed by atoms with Crippen LogP contribution in [0.5, 0.6) is 0 Å². The molecule has 2 N–H and O–H groups in total. The summed E-state index contributed by atoms with van der Waals surface area (Å²) in [6, 6.07) is 7.70. The number of carbonyl (C=O) groups is 1. The van der Waals surface area contributed by atoms with Gasteiger partial charge in [-0.15, -0.1) is 10.2 Å². The fraction of sp³-hybridized carbons (Fsp3) is 0.421. The van der Waals surface area contributed by atoms with Gasteiger partial charge in [0.1, 0.15) is 0 Å². The quantitative estimate of drug-likeness (QED) is 0.832. The lowest BCUT2D eigenvalue weighted by molar-refractivity contribution is 0.228. The Bertz CT molecular complexity index is 762. The summed E-state index contributed by atoms with van der Waals surface area (Å²) in [7, 11) is 0. The number of allylic oxidation sites excluding steroid dienone is 1. The average molecular weight is 342 g/mol. The van der Waals surface area contributed by atoms with Crippen molar-refractivity contribution in [2.45, 2.75) is 52.6 Å². The zero-order valence-corrected chi connectivity index (χ0v) is 15.5. The van der Waals surface area contributed by atoms with E-state index in [1.165, 1.54) is 0 Å². The minimum Gasteiger partial charge on any atom is -0.423 e. The third-order valence-corrected chi connectivity index (χ3v) is 3.88. The maximum atomic E-state index is 12.2. The second-order valence-corrected chi connectivity index (χ2v) is 6.98. The molecule has 25 heavy (non-hydrogen) atoms. The first-order valence-electron chi connectivity index (χ1n) is 8.33. The summed E-state index contributed by atoms with van der Waals surface area (Å²) >= 11 is 0. The van der Waals surface area contributed by atoms with Gasteiger partial charge >= 0.3 is 6.03 Å². The maximum Gasteiger partial charge on any atom is 0.315 e. The molecule has 0 bridgehead atoms. The second-order valence-electron chi connectivity index (χ2n) is 6.98. The summed E-state index contributed by atoms with van der Waals surface area (Å²) in [5.41, 5.74) is 2.51. The van der Waals surface area contributed by atoms with Crippen LogP contribution in [0.15, 0.2) is 35.3 Å². The number of rotatable bonds is 6. The molecule has 0 saturated carbocycles. The Morgan fingerprint density at radius 1 is 1.32 bits per heavy atom.